The van der Waals surface area contributed by atoms with E-state index in [2.05, 4.69) is 22.1 Å². The van der Waals surface area contributed by atoms with Gasteiger partial charge in [-0.2, -0.15) is 0 Å². The molecule has 0 aliphatic carbocycles. The summed E-state index contributed by atoms with van der Waals surface area (Å²) in [5, 5.41) is 4.51. The molecule has 0 radical (unpaired) electrons. The van der Waals surface area contributed by atoms with Crippen LogP contribution in [-0.4, -0.2) is 24.5 Å². The lowest BCUT2D eigenvalue weighted by Gasteiger charge is -2.04. The number of pyridine rings is 1. The molecule has 5 nitrogen and oxygen atoms in total. The fourth-order valence-electron chi connectivity index (χ4n) is 1.44. The molecule has 0 unspecified atom stereocenters. The molecule has 0 atom stereocenters. The van der Waals surface area contributed by atoms with Crippen molar-refractivity contribution in [2.24, 2.45) is 5.73 Å². The first kappa shape index (κ1) is 14.1. The number of ether oxygens (including phenoxy) is 1. The number of amides is 1. The Morgan fingerprint density at radius 3 is 3.05 bits per heavy atom. The molecule has 0 saturated heterocycles. The Hall–Kier alpha value is -2.36. The molecular weight excluding hydrogens is 274 g/mol. The third kappa shape index (κ3) is 3.57. The summed E-state index contributed by atoms with van der Waals surface area (Å²) in [5.41, 5.74) is 6.47. The third-order valence-electron chi connectivity index (χ3n) is 2.38. The van der Waals surface area contributed by atoms with Crippen molar-refractivity contribution in [1.29, 1.82) is 0 Å². The van der Waals surface area contributed by atoms with Crippen LogP contribution in [-0.2, 0) is 0 Å². The van der Waals surface area contributed by atoms with Gasteiger partial charge in [0.25, 0.3) is 5.91 Å². The number of nitrogens with two attached hydrogens (primary N) is 1. The maximum Gasteiger partial charge on any atom is 0.256 e. The van der Waals surface area contributed by atoms with Gasteiger partial charge in [0, 0.05) is 11.4 Å². The van der Waals surface area contributed by atoms with Gasteiger partial charge >= 0.3 is 0 Å². The van der Waals surface area contributed by atoms with Crippen LogP contribution < -0.4 is 15.8 Å². The van der Waals surface area contributed by atoms with Gasteiger partial charge in [-0.15, -0.1) is 11.3 Å². The van der Waals surface area contributed by atoms with E-state index < -0.39 is 0 Å². The maximum absolute atomic E-state index is 12.0. The monoisotopic (exact) mass is 287 g/mol. The van der Waals surface area contributed by atoms with Gasteiger partial charge < -0.3 is 15.8 Å². The molecule has 0 aliphatic rings. The van der Waals surface area contributed by atoms with Crippen molar-refractivity contribution in [1.82, 2.24) is 4.98 Å². The van der Waals surface area contributed by atoms with E-state index in [1.807, 2.05) is 0 Å². The molecule has 0 saturated carbocycles. The number of rotatable bonds is 3. The molecule has 0 aliphatic heterocycles. The molecule has 1 amide bonds. The van der Waals surface area contributed by atoms with Gasteiger partial charge in [0.15, 0.2) is 0 Å². The quantitative estimate of drug-likeness (QED) is 0.843. The van der Waals surface area contributed by atoms with Crippen molar-refractivity contribution >= 4 is 22.9 Å². The zero-order chi connectivity index (χ0) is 14.4. The maximum atomic E-state index is 12.0. The van der Waals surface area contributed by atoms with E-state index in [-0.39, 0.29) is 5.91 Å². The van der Waals surface area contributed by atoms with E-state index in [0.29, 0.717) is 23.7 Å². The summed E-state index contributed by atoms with van der Waals surface area (Å²) in [6.07, 6.45) is 1.54. The highest BCUT2D eigenvalue weighted by Crippen LogP contribution is 2.16. The fraction of sp³-hybridized carbons (Fsp3) is 0.143. The van der Waals surface area contributed by atoms with Crippen LogP contribution in [0.2, 0.25) is 0 Å². The smallest absolute Gasteiger partial charge is 0.256 e. The molecule has 2 aromatic heterocycles. The van der Waals surface area contributed by atoms with E-state index >= 15 is 0 Å². The topological polar surface area (TPSA) is 77.2 Å². The van der Waals surface area contributed by atoms with Crippen molar-refractivity contribution in [3.63, 3.8) is 0 Å². The number of anilines is 1. The Labute approximate surface area is 120 Å². The molecule has 0 fully saturated rings. The van der Waals surface area contributed by atoms with Crippen molar-refractivity contribution in [2.75, 3.05) is 19.0 Å². The molecular formula is C14H13N3O2S. The Morgan fingerprint density at radius 2 is 2.40 bits per heavy atom. The van der Waals surface area contributed by atoms with Crippen LogP contribution in [0.5, 0.6) is 5.88 Å². The lowest BCUT2D eigenvalue weighted by Crippen LogP contribution is -2.10. The van der Waals surface area contributed by atoms with Crippen LogP contribution in [0.1, 0.15) is 15.2 Å². The number of hydrogen-bond acceptors (Lipinski definition) is 5. The standard InChI is InChI=1S/C14H13N3O2S/c1-19-13-5-4-11(8-16-13)17-14(18)10-7-12(20-9-10)3-2-6-15/h4-5,7-9H,6,15H2,1H3,(H,17,18). The first-order valence-corrected chi connectivity index (χ1v) is 6.69. The molecule has 3 N–H and O–H groups in total. The minimum Gasteiger partial charge on any atom is -0.481 e. The minimum absolute atomic E-state index is 0.200. The molecule has 0 aromatic carbocycles. The normalized spacial score (nSPS) is 9.50. The highest BCUT2D eigenvalue weighted by atomic mass is 32.1. The molecule has 6 heteroatoms. The number of aromatic nitrogens is 1. The number of carbonyl (C=O) groups excluding carboxylic acids is 1. The molecule has 20 heavy (non-hydrogen) atoms. The molecule has 0 bridgehead atoms. The molecule has 2 heterocycles. The largest absolute Gasteiger partial charge is 0.481 e. The predicted octanol–water partition coefficient (Wildman–Crippen LogP) is 1.71. The fourth-order valence-corrected chi connectivity index (χ4v) is 2.19. The van der Waals surface area contributed by atoms with E-state index in [1.54, 1.807) is 23.6 Å². The summed E-state index contributed by atoms with van der Waals surface area (Å²) in [4.78, 5) is 16.9. The van der Waals surface area contributed by atoms with Crippen LogP contribution in [0.4, 0.5) is 5.69 Å². The van der Waals surface area contributed by atoms with Gasteiger partial charge in [0.1, 0.15) is 0 Å². The first-order chi connectivity index (χ1) is 9.72. The van der Waals surface area contributed by atoms with Crippen molar-refractivity contribution in [3.8, 4) is 17.7 Å². The Bertz CT molecular complexity index is 653. The second-order valence-corrected chi connectivity index (χ2v) is 4.66. The second-order valence-electron chi connectivity index (χ2n) is 3.75. The average molecular weight is 287 g/mol. The summed E-state index contributed by atoms with van der Waals surface area (Å²) < 4.78 is 4.95. The lowest BCUT2D eigenvalue weighted by molar-refractivity contribution is 0.102. The highest BCUT2D eigenvalue weighted by Gasteiger charge is 2.08. The predicted molar refractivity (Wildman–Crippen MR) is 79.0 cm³/mol. The zero-order valence-corrected chi connectivity index (χ0v) is 11.7. The van der Waals surface area contributed by atoms with Gasteiger partial charge in [-0.25, -0.2) is 4.98 Å². The molecule has 0 spiro atoms. The van der Waals surface area contributed by atoms with Gasteiger partial charge in [-0.1, -0.05) is 11.8 Å². The van der Waals surface area contributed by atoms with Crippen LogP contribution in [0, 0.1) is 11.8 Å². The number of carbonyl (C=O) groups is 1. The van der Waals surface area contributed by atoms with E-state index in [0.717, 1.165) is 4.88 Å². The van der Waals surface area contributed by atoms with E-state index in [9.17, 15) is 4.79 Å². The van der Waals surface area contributed by atoms with Crippen LogP contribution >= 0.6 is 11.3 Å². The molecule has 2 aromatic rings. The highest BCUT2D eigenvalue weighted by molar-refractivity contribution is 7.10. The van der Waals surface area contributed by atoms with Gasteiger partial charge in [0.2, 0.25) is 5.88 Å². The summed E-state index contributed by atoms with van der Waals surface area (Å²) >= 11 is 1.41. The number of methoxy groups -OCH3 is 1. The second kappa shape index (κ2) is 6.70. The average Bonchev–Trinajstić information content (AvgIpc) is 2.95. The van der Waals surface area contributed by atoms with Crippen LogP contribution in [0.15, 0.2) is 29.8 Å². The Kier molecular flexibility index (Phi) is 4.71. The first-order valence-electron chi connectivity index (χ1n) is 5.82. The summed E-state index contributed by atoms with van der Waals surface area (Å²) in [5.74, 6) is 5.94. The van der Waals surface area contributed by atoms with Crippen LogP contribution in [0.3, 0.4) is 0 Å². The Morgan fingerprint density at radius 1 is 1.55 bits per heavy atom. The SMILES string of the molecule is COc1ccc(NC(=O)c2csc(C#CCN)c2)cn1. The lowest BCUT2D eigenvalue weighted by atomic mass is 10.3. The summed E-state index contributed by atoms with van der Waals surface area (Å²) in [6, 6.07) is 5.15. The summed E-state index contributed by atoms with van der Waals surface area (Å²) in [6.45, 7) is 0.303. The van der Waals surface area contributed by atoms with Crippen molar-refractivity contribution in [3.05, 3.63) is 40.2 Å². The van der Waals surface area contributed by atoms with Crippen LogP contribution in [0.25, 0.3) is 0 Å². The Balaban J connectivity index is 2.05. The van der Waals surface area contributed by atoms with Gasteiger partial charge in [-0.05, 0) is 12.1 Å². The van der Waals surface area contributed by atoms with Gasteiger partial charge in [0.05, 0.1) is 36.0 Å². The van der Waals surface area contributed by atoms with E-state index in [4.69, 9.17) is 10.5 Å². The number of nitrogens with zero attached hydrogens (tertiary/aromatic N) is 1. The van der Waals surface area contributed by atoms with Gasteiger partial charge in [-0.3, -0.25) is 4.79 Å². The number of nitrogens with one attached hydrogen (secondary N) is 1. The van der Waals surface area contributed by atoms with E-state index in [1.165, 1.54) is 24.6 Å². The number of hydrogen-bond donors (Lipinski definition) is 2. The minimum atomic E-state index is -0.200. The molecule has 2 rings (SSSR count). The zero-order valence-electron chi connectivity index (χ0n) is 10.8. The van der Waals surface area contributed by atoms with Crippen molar-refractivity contribution in [2.45, 2.75) is 0 Å². The molecule has 102 valence electrons. The third-order valence-corrected chi connectivity index (χ3v) is 3.22. The van der Waals surface area contributed by atoms with Crippen molar-refractivity contribution < 1.29 is 9.53 Å². The summed E-state index contributed by atoms with van der Waals surface area (Å²) in [7, 11) is 1.54. The number of thiophene rings is 1.